The minimum absolute atomic E-state index is 0.0891. The van der Waals surface area contributed by atoms with Gasteiger partial charge in [-0.2, -0.15) is 0 Å². The fourth-order valence-corrected chi connectivity index (χ4v) is 8.96. The zero-order valence-corrected chi connectivity index (χ0v) is 22.0. The average molecular weight is 515 g/mol. The average Bonchev–Trinajstić information content (AvgIpc) is 3.70. The lowest BCUT2D eigenvalue weighted by atomic mass is 9.37. The van der Waals surface area contributed by atoms with E-state index in [0.717, 1.165) is 67.3 Å². The quantitative estimate of drug-likeness (QED) is 0.608. The number of amides is 1. The van der Waals surface area contributed by atoms with Crippen molar-refractivity contribution in [2.75, 3.05) is 27.3 Å². The van der Waals surface area contributed by atoms with Crippen molar-refractivity contribution in [1.82, 2.24) is 20.2 Å². The normalized spacial score (nSPS) is 35.8. The predicted molar refractivity (Wildman–Crippen MR) is 139 cm³/mol. The second-order valence-electron chi connectivity index (χ2n) is 12.1. The second kappa shape index (κ2) is 7.79. The van der Waals surface area contributed by atoms with Crippen molar-refractivity contribution in [3.05, 3.63) is 59.2 Å². The van der Waals surface area contributed by atoms with Crippen LogP contribution in [0.25, 0.3) is 0 Å². The Morgan fingerprint density at radius 2 is 2.03 bits per heavy atom. The Balaban J connectivity index is 1.29. The molecule has 3 heterocycles. The number of aromatic nitrogens is 2. The van der Waals surface area contributed by atoms with Gasteiger partial charge in [0.25, 0.3) is 0 Å². The molecule has 4 bridgehead atoms. The van der Waals surface area contributed by atoms with Crippen LogP contribution in [-0.4, -0.2) is 65.8 Å². The van der Waals surface area contributed by atoms with E-state index >= 15 is 0 Å². The Bertz CT molecular complexity index is 1360. The van der Waals surface area contributed by atoms with Crippen molar-refractivity contribution in [3.63, 3.8) is 0 Å². The van der Waals surface area contributed by atoms with Crippen molar-refractivity contribution >= 4 is 5.91 Å². The Labute approximate surface area is 222 Å². The summed E-state index contributed by atoms with van der Waals surface area (Å²) in [5.41, 5.74) is 3.06. The molecule has 1 aromatic heterocycles. The highest BCUT2D eigenvalue weighted by Crippen LogP contribution is 2.74. The first-order chi connectivity index (χ1) is 18.6. The van der Waals surface area contributed by atoms with Crippen molar-refractivity contribution in [3.8, 4) is 11.5 Å². The number of hydrogen-bond acceptors (Lipinski definition) is 7. The van der Waals surface area contributed by atoms with Gasteiger partial charge in [-0.15, -0.1) is 0 Å². The molecular weight excluding hydrogens is 480 g/mol. The summed E-state index contributed by atoms with van der Waals surface area (Å²) in [4.78, 5) is 24.9. The molecule has 38 heavy (non-hydrogen) atoms. The minimum Gasteiger partial charge on any atom is -0.493 e. The third-order valence-corrected chi connectivity index (χ3v) is 10.7. The van der Waals surface area contributed by atoms with Crippen LogP contribution in [0, 0.1) is 11.3 Å². The largest absolute Gasteiger partial charge is 0.493 e. The molecule has 1 amide bonds. The number of likely N-dealkylation sites (tertiary alicyclic amines) is 1. The molecule has 8 nitrogen and oxygen atoms in total. The molecule has 5 atom stereocenters. The van der Waals surface area contributed by atoms with Gasteiger partial charge in [-0.25, -0.2) is 9.97 Å². The maximum atomic E-state index is 14.0. The summed E-state index contributed by atoms with van der Waals surface area (Å²) < 4.78 is 19.2. The van der Waals surface area contributed by atoms with Gasteiger partial charge in [-0.1, -0.05) is 12.1 Å². The summed E-state index contributed by atoms with van der Waals surface area (Å²) in [6, 6.07) is 4.66. The van der Waals surface area contributed by atoms with Gasteiger partial charge in [-0.3, -0.25) is 9.69 Å². The maximum absolute atomic E-state index is 14.0. The van der Waals surface area contributed by atoms with Crippen molar-refractivity contribution < 1.29 is 19.0 Å². The van der Waals surface area contributed by atoms with Crippen LogP contribution in [0.3, 0.4) is 0 Å². The van der Waals surface area contributed by atoms with Gasteiger partial charge < -0.3 is 19.5 Å². The molecule has 2 spiro atoms. The van der Waals surface area contributed by atoms with Gasteiger partial charge in [0.05, 0.1) is 12.5 Å². The minimum atomic E-state index is -0.819. The van der Waals surface area contributed by atoms with E-state index in [1.807, 2.05) is 0 Å². The molecule has 0 radical (unpaired) electrons. The van der Waals surface area contributed by atoms with Crippen LogP contribution in [0.15, 0.2) is 42.5 Å². The summed E-state index contributed by atoms with van der Waals surface area (Å²) in [5, 5.41) is 3.15. The Morgan fingerprint density at radius 1 is 1.18 bits per heavy atom. The van der Waals surface area contributed by atoms with Gasteiger partial charge >= 0.3 is 0 Å². The maximum Gasteiger partial charge on any atom is 0.250 e. The molecule has 1 saturated heterocycles. The monoisotopic (exact) mass is 514 g/mol. The number of ether oxygens (including phenoxy) is 3. The highest BCUT2D eigenvalue weighted by molar-refractivity contribution is 5.97. The van der Waals surface area contributed by atoms with Crippen LogP contribution in [0.5, 0.6) is 11.5 Å². The van der Waals surface area contributed by atoms with E-state index in [-0.39, 0.29) is 22.8 Å². The second-order valence-corrected chi connectivity index (χ2v) is 12.1. The number of carbonyl (C=O) groups excluding carboxylic acids is 1. The molecule has 8 heteroatoms. The Morgan fingerprint density at radius 3 is 2.79 bits per heavy atom. The van der Waals surface area contributed by atoms with E-state index in [4.69, 9.17) is 14.2 Å². The first-order valence-electron chi connectivity index (χ1n) is 14.0. The number of carbonyl (C=O) groups is 1. The number of nitrogens with zero attached hydrogens (tertiary/aromatic N) is 3. The highest BCUT2D eigenvalue weighted by Gasteiger charge is 2.79. The number of piperidine rings is 1. The first kappa shape index (κ1) is 23.0. The lowest BCUT2D eigenvalue weighted by Gasteiger charge is -2.70. The summed E-state index contributed by atoms with van der Waals surface area (Å²) in [5.74, 6) is 2.37. The third-order valence-electron chi connectivity index (χ3n) is 10.7. The number of hydrogen-bond donors (Lipinski definition) is 1. The first-order valence-corrected chi connectivity index (χ1v) is 14.0. The molecule has 1 aromatic carbocycles. The Hall–Kier alpha value is -2.97. The number of fused-ring (bicyclic) bond motifs is 1. The number of methoxy groups -OCH3 is 2. The van der Waals surface area contributed by atoms with Crippen molar-refractivity contribution in [2.45, 2.75) is 68.2 Å². The number of nitrogens with one attached hydrogen (secondary N) is 1. The molecule has 0 unspecified atom stereocenters. The molecule has 3 fully saturated rings. The SMILES string of the molecule is COc1ccc2c3c1O[C@@H]1[C@]34CCN(CC3CC3)[C@H](C2)[C@@]42C=C(C(=O)NCc3cncnc3)[C@]1(OC)CC2. The molecule has 2 aliphatic heterocycles. The van der Waals surface area contributed by atoms with Gasteiger partial charge in [0.15, 0.2) is 11.5 Å². The zero-order valence-electron chi connectivity index (χ0n) is 22.0. The Kier molecular flexibility index (Phi) is 4.71. The lowest BCUT2D eigenvalue weighted by molar-refractivity contribution is -0.196. The fourth-order valence-electron chi connectivity index (χ4n) is 8.96. The fraction of sp³-hybridized carbons (Fsp3) is 0.567. The number of benzene rings is 1. The highest BCUT2D eigenvalue weighted by atomic mass is 16.6. The van der Waals surface area contributed by atoms with Gasteiger partial charge in [0.1, 0.15) is 18.0 Å². The van der Waals surface area contributed by atoms with Gasteiger partial charge in [0, 0.05) is 60.7 Å². The predicted octanol–water partition coefficient (Wildman–Crippen LogP) is 2.95. The van der Waals surface area contributed by atoms with Gasteiger partial charge in [0.2, 0.25) is 5.91 Å². The molecule has 7 aliphatic rings. The van der Waals surface area contributed by atoms with E-state index in [9.17, 15) is 4.79 Å². The number of rotatable bonds is 7. The standard InChI is InChI=1S/C30H34N4O4/c1-36-22-6-5-20-11-23-28-7-8-30(37-2,21(12-28)26(35)33-15-19-13-31-17-32-14-19)27-29(28,24(20)25(22)38-27)9-10-34(23)16-18-3-4-18/h5-6,12-14,17-18,23,27H,3-4,7-11,15-16H2,1-2H3,(H,33,35)/t23-,27-,28-,29+,30-/m1/s1. The summed E-state index contributed by atoms with van der Waals surface area (Å²) >= 11 is 0. The third kappa shape index (κ3) is 2.70. The smallest absolute Gasteiger partial charge is 0.250 e. The van der Waals surface area contributed by atoms with Crippen molar-refractivity contribution in [2.24, 2.45) is 11.3 Å². The van der Waals surface area contributed by atoms with Crippen LogP contribution in [0.4, 0.5) is 0 Å². The molecule has 1 N–H and O–H groups in total. The van der Waals surface area contributed by atoms with Crippen LogP contribution < -0.4 is 14.8 Å². The van der Waals surface area contributed by atoms with E-state index in [0.29, 0.717) is 12.6 Å². The van der Waals surface area contributed by atoms with Crippen LogP contribution in [-0.2, 0) is 27.9 Å². The van der Waals surface area contributed by atoms with Crippen LogP contribution in [0.2, 0.25) is 0 Å². The van der Waals surface area contributed by atoms with Gasteiger partial charge in [-0.05, 0) is 62.6 Å². The molecule has 2 aromatic rings. The van der Waals surface area contributed by atoms with E-state index < -0.39 is 5.60 Å². The van der Waals surface area contributed by atoms with E-state index in [1.165, 1.54) is 30.3 Å². The summed E-state index contributed by atoms with van der Waals surface area (Å²) in [6.07, 6.45) is 13.5. The zero-order chi connectivity index (χ0) is 25.7. The topological polar surface area (TPSA) is 85.8 Å². The summed E-state index contributed by atoms with van der Waals surface area (Å²) in [6.45, 7) is 2.59. The van der Waals surface area contributed by atoms with Crippen LogP contribution in [0.1, 0.15) is 48.8 Å². The molecule has 2 saturated carbocycles. The molecule has 198 valence electrons. The van der Waals surface area contributed by atoms with E-state index in [2.05, 4.69) is 38.4 Å². The summed E-state index contributed by atoms with van der Waals surface area (Å²) in [7, 11) is 3.46. The van der Waals surface area contributed by atoms with Crippen LogP contribution >= 0.6 is 0 Å². The molecular formula is C30H34N4O4. The molecule has 5 aliphatic carbocycles. The lowest BCUT2D eigenvalue weighted by Crippen LogP contribution is -2.78. The van der Waals surface area contributed by atoms with E-state index in [1.54, 1.807) is 26.6 Å². The molecule has 9 rings (SSSR count). The van der Waals surface area contributed by atoms with Crippen molar-refractivity contribution in [1.29, 1.82) is 0 Å².